The van der Waals surface area contributed by atoms with Gasteiger partial charge in [-0.3, -0.25) is 0 Å². The molecule has 1 aliphatic heterocycles. The second kappa shape index (κ2) is 6.02. The Morgan fingerprint density at radius 2 is 2.16 bits per heavy atom. The molecule has 5 nitrogen and oxygen atoms in total. The predicted octanol–water partition coefficient (Wildman–Crippen LogP) is 1.95. The Hall–Kier alpha value is -1.62. The molecule has 0 radical (unpaired) electrons. The summed E-state index contributed by atoms with van der Waals surface area (Å²) < 4.78 is 5.35. The number of anilines is 1. The Morgan fingerprint density at radius 1 is 1.47 bits per heavy atom. The minimum absolute atomic E-state index is 0.267. The molecule has 0 unspecified atom stereocenters. The Bertz CT molecular complexity index is 456. The minimum atomic E-state index is -0.927. The maximum atomic E-state index is 11.0. The third-order valence-corrected chi connectivity index (χ3v) is 3.57. The van der Waals surface area contributed by atoms with E-state index in [2.05, 4.69) is 9.88 Å². The van der Waals surface area contributed by atoms with Gasteiger partial charge in [-0.05, 0) is 37.8 Å². The van der Waals surface area contributed by atoms with Gasteiger partial charge < -0.3 is 14.7 Å². The summed E-state index contributed by atoms with van der Waals surface area (Å²) in [7, 11) is 2.00. The molecule has 104 valence electrons. The first-order valence-electron chi connectivity index (χ1n) is 6.57. The molecule has 0 aliphatic carbocycles. The van der Waals surface area contributed by atoms with E-state index < -0.39 is 5.97 Å². The van der Waals surface area contributed by atoms with Crippen molar-refractivity contribution in [2.75, 3.05) is 31.7 Å². The van der Waals surface area contributed by atoms with E-state index >= 15 is 0 Å². The van der Waals surface area contributed by atoms with Crippen LogP contribution in [0.1, 0.15) is 28.9 Å². The summed E-state index contributed by atoms with van der Waals surface area (Å²) in [6, 6.07) is 3.40. The molecule has 1 aromatic heterocycles. The lowest BCUT2D eigenvalue weighted by molar-refractivity contribution is 0.0683. The van der Waals surface area contributed by atoms with Crippen LogP contribution in [0.25, 0.3) is 0 Å². The molecule has 0 aromatic carbocycles. The number of rotatable bonds is 4. The molecular weight excluding hydrogens is 244 g/mol. The van der Waals surface area contributed by atoms with Crippen LogP contribution in [0, 0.1) is 12.8 Å². The number of hydrogen-bond donors (Lipinski definition) is 1. The molecule has 0 spiro atoms. The molecule has 0 saturated carbocycles. The average molecular weight is 264 g/mol. The van der Waals surface area contributed by atoms with E-state index in [9.17, 15) is 4.79 Å². The predicted molar refractivity (Wildman–Crippen MR) is 72.7 cm³/mol. The van der Waals surface area contributed by atoms with E-state index in [1.54, 1.807) is 19.1 Å². The summed E-state index contributed by atoms with van der Waals surface area (Å²) in [5, 5.41) is 8.99. The fourth-order valence-corrected chi connectivity index (χ4v) is 2.40. The van der Waals surface area contributed by atoms with Gasteiger partial charge in [0.25, 0.3) is 0 Å². The number of ether oxygens (including phenoxy) is 1. The van der Waals surface area contributed by atoms with Crippen molar-refractivity contribution < 1.29 is 14.6 Å². The van der Waals surface area contributed by atoms with Crippen LogP contribution >= 0.6 is 0 Å². The lowest BCUT2D eigenvalue weighted by Crippen LogP contribution is -2.30. The highest BCUT2D eigenvalue weighted by Gasteiger charge is 2.17. The number of carbonyl (C=O) groups is 1. The van der Waals surface area contributed by atoms with Crippen molar-refractivity contribution in [3.63, 3.8) is 0 Å². The number of carboxylic acids is 1. The van der Waals surface area contributed by atoms with Crippen molar-refractivity contribution in [3.05, 3.63) is 23.4 Å². The molecule has 19 heavy (non-hydrogen) atoms. The SMILES string of the molecule is Cc1nc(N(C)CC2CCOCC2)ccc1C(=O)O. The normalized spacial score (nSPS) is 16.3. The van der Waals surface area contributed by atoms with Crippen molar-refractivity contribution in [1.82, 2.24) is 4.98 Å². The van der Waals surface area contributed by atoms with Crippen molar-refractivity contribution in [1.29, 1.82) is 0 Å². The first kappa shape index (κ1) is 13.8. The zero-order valence-electron chi connectivity index (χ0n) is 11.4. The molecule has 1 saturated heterocycles. The van der Waals surface area contributed by atoms with Gasteiger partial charge in [-0.2, -0.15) is 0 Å². The molecular formula is C14H20N2O3. The molecule has 1 N–H and O–H groups in total. The Balaban J connectivity index is 2.04. The lowest BCUT2D eigenvalue weighted by Gasteiger charge is -2.28. The molecule has 5 heteroatoms. The van der Waals surface area contributed by atoms with Gasteiger partial charge in [-0.15, -0.1) is 0 Å². The molecule has 1 aromatic rings. The Labute approximate surface area is 113 Å². The summed E-state index contributed by atoms with van der Waals surface area (Å²) in [6.45, 7) is 4.34. The quantitative estimate of drug-likeness (QED) is 0.900. The number of aromatic nitrogens is 1. The van der Waals surface area contributed by atoms with Crippen LogP contribution in [0.3, 0.4) is 0 Å². The fourth-order valence-electron chi connectivity index (χ4n) is 2.40. The Kier molecular flexibility index (Phi) is 4.37. The van der Waals surface area contributed by atoms with Gasteiger partial charge in [0.05, 0.1) is 11.3 Å². The zero-order chi connectivity index (χ0) is 13.8. The van der Waals surface area contributed by atoms with Gasteiger partial charge in [0, 0.05) is 26.8 Å². The van der Waals surface area contributed by atoms with E-state index in [1.165, 1.54) is 0 Å². The first-order valence-corrected chi connectivity index (χ1v) is 6.57. The number of aryl methyl sites for hydroxylation is 1. The van der Waals surface area contributed by atoms with E-state index in [0.717, 1.165) is 38.4 Å². The highest BCUT2D eigenvalue weighted by atomic mass is 16.5. The first-order chi connectivity index (χ1) is 9.08. The molecule has 1 aliphatic rings. The van der Waals surface area contributed by atoms with E-state index in [4.69, 9.17) is 9.84 Å². The highest BCUT2D eigenvalue weighted by Crippen LogP contribution is 2.19. The summed E-state index contributed by atoms with van der Waals surface area (Å²) in [5.41, 5.74) is 0.826. The van der Waals surface area contributed by atoms with Gasteiger partial charge in [0.1, 0.15) is 5.82 Å². The summed E-state index contributed by atoms with van der Waals surface area (Å²) >= 11 is 0. The van der Waals surface area contributed by atoms with Crippen LogP contribution in [0.15, 0.2) is 12.1 Å². The van der Waals surface area contributed by atoms with Crippen molar-refractivity contribution in [2.45, 2.75) is 19.8 Å². The molecule has 0 atom stereocenters. The smallest absolute Gasteiger partial charge is 0.337 e. The number of aromatic carboxylic acids is 1. The second-order valence-corrected chi connectivity index (χ2v) is 5.04. The topological polar surface area (TPSA) is 62.7 Å². The number of carboxylic acid groups (broad SMARTS) is 1. The van der Waals surface area contributed by atoms with Gasteiger partial charge in [0.15, 0.2) is 0 Å². The summed E-state index contributed by atoms with van der Waals surface area (Å²) in [6.07, 6.45) is 2.16. The third-order valence-electron chi connectivity index (χ3n) is 3.57. The van der Waals surface area contributed by atoms with E-state index in [1.807, 2.05) is 7.05 Å². The van der Waals surface area contributed by atoms with Gasteiger partial charge in [-0.25, -0.2) is 9.78 Å². The van der Waals surface area contributed by atoms with Crippen LogP contribution in [-0.2, 0) is 4.74 Å². The van der Waals surface area contributed by atoms with E-state index in [-0.39, 0.29) is 5.56 Å². The van der Waals surface area contributed by atoms with Gasteiger partial charge >= 0.3 is 5.97 Å². The van der Waals surface area contributed by atoms with Crippen molar-refractivity contribution >= 4 is 11.8 Å². The number of pyridine rings is 1. The zero-order valence-corrected chi connectivity index (χ0v) is 11.4. The third kappa shape index (κ3) is 3.44. The summed E-state index contributed by atoms with van der Waals surface area (Å²) in [4.78, 5) is 17.4. The molecule has 2 heterocycles. The number of hydrogen-bond acceptors (Lipinski definition) is 4. The highest BCUT2D eigenvalue weighted by molar-refractivity contribution is 5.89. The standard InChI is InChI=1S/C14H20N2O3/c1-10-12(14(17)18)3-4-13(15-10)16(2)9-11-5-7-19-8-6-11/h3-4,11H,5-9H2,1-2H3,(H,17,18). The number of nitrogens with zero attached hydrogens (tertiary/aromatic N) is 2. The molecule has 0 bridgehead atoms. The van der Waals surface area contributed by atoms with Crippen LogP contribution in [0.2, 0.25) is 0 Å². The largest absolute Gasteiger partial charge is 0.478 e. The monoisotopic (exact) mass is 264 g/mol. The van der Waals surface area contributed by atoms with Crippen LogP contribution in [-0.4, -0.2) is 42.9 Å². The van der Waals surface area contributed by atoms with Gasteiger partial charge in [0.2, 0.25) is 0 Å². The maximum Gasteiger partial charge on any atom is 0.337 e. The fraction of sp³-hybridized carbons (Fsp3) is 0.571. The second-order valence-electron chi connectivity index (χ2n) is 5.04. The van der Waals surface area contributed by atoms with Crippen LogP contribution in [0.5, 0.6) is 0 Å². The Morgan fingerprint density at radius 3 is 2.74 bits per heavy atom. The minimum Gasteiger partial charge on any atom is -0.478 e. The molecule has 1 fully saturated rings. The van der Waals surface area contributed by atoms with E-state index in [0.29, 0.717) is 11.6 Å². The molecule has 2 rings (SSSR count). The van der Waals surface area contributed by atoms with Crippen LogP contribution in [0.4, 0.5) is 5.82 Å². The molecule has 0 amide bonds. The summed E-state index contributed by atoms with van der Waals surface area (Å²) in [5.74, 6) is 0.526. The lowest BCUT2D eigenvalue weighted by atomic mass is 10.00. The van der Waals surface area contributed by atoms with Crippen molar-refractivity contribution in [2.24, 2.45) is 5.92 Å². The average Bonchev–Trinajstić information content (AvgIpc) is 2.39. The van der Waals surface area contributed by atoms with Gasteiger partial charge in [-0.1, -0.05) is 0 Å². The van der Waals surface area contributed by atoms with Crippen molar-refractivity contribution in [3.8, 4) is 0 Å². The van der Waals surface area contributed by atoms with Crippen LogP contribution < -0.4 is 4.90 Å². The maximum absolute atomic E-state index is 11.0.